The number of para-hydroxylation sites is 4. The van der Waals surface area contributed by atoms with E-state index in [9.17, 15) is 0 Å². The van der Waals surface area contributed by atoms with Gasteiger partial charge in [-0.15, -0.1) is 22.7 Å². The van der Waals surface area contributed by atoms with E-state index in [1.165, 1.54) is 79.8 Å². The number of benzene rings is 15. The molecule has 0 unspecified atom stereocenters. The highest BCUT2D eigenvalue weighted by molar-refractivity contribution is 7.34. The van der Waals surface area contributed by atoms with Gasteiger partial charge in [0.1, 0.15) is 34.5 Å². The van der Waals surface area contributed by atoms with Gasteiger partial charge in [-0.3, -0.25) is 0 Å². The Labute approximate surface area is 684 Å². The first-order chi connectivity index (χ1) is 56.8. The zero-order valence-corrected chi connectivity index (χ0v) is 67.0. The highest BCUT2D eigenvalue weighted by Crippen LogP contribution is 2.54. The fourth-order valence-electron chi connectivity index (χ4n) is 19.9. The summed E-state index contributed by atoms with van der Waals surface area (Å²) in [6.07, 6.45) is 0. The molecule has 8 heterocycles. The fourth-order valence-corrected chi connectivity index (χ4v) is 22.4. The number of rotatable bonds is 11. The summed E-state index contributed by atoms with van der Waals surface area (Å²) in [6.45, 7) is 17.0. The number of nitrogens with zero attached hydrogens (tertiary/aromatic N) is 5. The molecule has 0 radical (unpaired) electrons. The van der Waals surface area contributed by atoms with Crippen molar-refractivity contribution in [3.05, 3.63) is 348 Å². The van der Waals surface area contributed by atoms with E-state index in [2.05, 4.69) is 389 Å². The van der Waals surface area contributed by atoms with Crippen molar-refractivity contribution in [1.29, 1.82) is 0 Å². The maximum Gasteiger partial charge on any atom is 0.268 e. The number of thiophene rings is 2. The number of hydrogen-bond acceptors (Lipinski definition) is 11. The van der Waals surface area contributed by atoms with Crippen molar-refractivity contribution in [1.82, 2.24) is 0 Å². The van der Waals surface area contributed by atoms with E-state index in [-0.39, 0.29) is 20.1 Å². The van der Waals surface area contributed by atoms with E-state index in [1.54, 1.807) is 0 Å². The maximum atomic E-state index is 8.16. The summed E-state index contributed by atoms with van der Waals surface area (Å²) in [7, 11) is 0. The molecular weight excluding hydrogens is 1450 g/mol. The van der Waals surface area contributed by atoms with Gasteiger partial charge in [-0.25, -0.2) is 0 Å². The first kappa shape index (κ1) is 68.2. The van der Waals surface area contributed by atoms with Gasteiger partial charge in [-0.05, 0) is 237 Å². The van der Waals surface area contributed by atoms with Crippen molar-refractivity contribution in [3.8, 4) is 34.5 Å². The van der Waals surface area contributed by atoms with Crippen LogP contribution in [0.5, 0.6) is 34.5 Å². The molecule has 17 aromatic rings. The number of nitrogens with one attached hydrogen (secondary N) is 1. The first-order valence-electron chi connectivity index (χ1n) is 40.0. The Hall–Kier alpha value is -13.4. The standard InChI is InChI=1S/C102H75B3N6O3S2/c1-59-37-41-71(42-38-59)109(72-43-39-60(2)40-44-72)73-49-83-94-89(52-73)113-99-76-33-21-23-35-92(76)115-101(99)104(94)78-55-79-84(57-82(78)106-83)110(97-63(5)45-61(3)46-64(97)6)86-50-74(107(67-25-13-9-14-26-67)68-27-15-10-16-28-68)53-90-95(86)103(79)81-56-80-85(58-88(81)112-90)111(98-65(7)47-62(4)48-66(98)8)87-51-75(108(69-29-17-11-18-30-69)70-31-19-12-20-32-70)54-91-96(87)105(80)102-100(114-91)77-34-22-24-36-93(77)116-102/h9-58,106H,1-8H3. The smallest absolute Gasteiger partial charge is 0.268 e. The average Bonchev–Trinajstić information content (AvgIpc) is 1.00. The fraction of sp³-hybridized carbons (Fsp3) is 0.0784. The molecule has 552 valence electrons. The summed E-state index contributed by atoms with van der Waals surface area (Å²) in [5.74, 6) is 5.05. The average molecular weight is 1530 g/mol. The second-order valence-corrected chi connectivity index (χ2v) is 34.3. The van der Waals surface area contributed by atoms with Gasteiger partial charge in [0.2, 0.25) is 0 Å². The van der Waals surface area contributed by atoms with Gasteiger partial charge in [0.05, 0.1) is 28.4 Å². The summed E-state index contributed by atoms with van der Waals surface area (Å²) < 4.78 is 28.1. The minimum absolute atomic E-state index is 0.223. The molecule has 1 N–H and O–H groups in total. The molecule has 23 rings (SSSR count). The molecule has 0 aliphatic carbocycles. The van der Waals surface area contributed by atoms with Crippen molar-refractivity contribution in [2.45, 2.75) is 55.4 Å². The third-order valence-electron chi connectivity index (χ3n) is 24.5. The van der Waals surface area contributed by atoms with Crippen molar-refractivity contribution >= 4 is 207 Å². The lowest BCUT2D eigenvalue weighted by atomic mass is 9.30. The van der Waals surface area contributed by atoms with Gasteiger partial charge in [-0.1, -0.05) is 180 Å². The molecule has 14 heteroatoms. The predicted octanol–water partition coefficient (Wildman–Crippen LogP) is 22.5. The lowest BCUT2D eigenvalue weighted by molar-refractivity contribution is 0.488. The van der Waals surface area contributed by atoms with Crippen molar-refractivity contribution in [2.75, 3.05) is 29.8 Å². The topological polar surface area (TPSA) is 55.9 Å². The van der Waals surface area contributed by atoms with E-state index in [0.717, 1.165) is 164 Å². The molecule has 6 aliphatic rings. The third kappa shape index (κ3) is 10.5. The summed E-state index contributed by atoms with van der Waals surface area (Å²) >= 11 is 3.70. The van der Waals surface area contributed by atoms with Crippen LogP contribution < -0.4 is 91.8 Å². The summed E-state index contributed by atoms with van der Waals surface area (Å²) in [6, 6.07) is 112. The van der Waals surface area contributed by atoms with Crippen LogP contribution in [0.1, 0.15) is 44.5 Å². The van der Waals surface area contributed by atoms with E-state index >= 15 is 0 Å². The molecule has 0 fully saturated rings. The van der Waals surface area contributed by atoms with Gasteiger partial charge in [0, 0.05) is 122 Å². The normalized spacial score (nSPS) is 13.2. The maximum absolute atomic E-state index is 8.16. The SMILES string of the molecule is Cc1ccc(N(c2ccc(C)cc2)c2cc3c4c(c2)Oc2c(sc5ccccc25)B4c2cc4c(cc2N3)N(c2c(C)cc(C)cc2C)c2cc(N(c3ccccc3)c3ccccc3)cc3c2B4c2cc4c(cc2O3)N(c2c(C)cc(C)cc2C)c2cc(N(c3ccccc3)c3ccccc3)cc3c2B4c2sc4ccccc4c2O3)cc1. The highest BCUT2D eigenvalue weighted by atomic mass is 32.1. The zero-order valence-electron chi connectivity index (χ0n) is 65.4. The Morgan fingerprint density at radius 1 is 0.276 bits per heavy atom. The molecule has 0 spiro atoms. The Balaban J connectivity index is 0.821. The Kier molecular flexibility index (Phi) is 15.3. The largest absolute Gasteiger partial charge is 0.458 e. The van der Waals surface area contributed by atoms with Crippen LogP contribution >= 0.6 is 22.7 Å². The first-order valence-corrected chi connectivity index (χ1v) is 41.6. The molecule has 6 aliphatic heterocycles. The lowest BCUT2D eigenvalue weighted by Gasteiger charge is -2.45. The van der Waals surface area contributed by atoms with Crippen LogP contribution in [0.3, 0.4) is 0 Å². The minimum atomic E-state index is -0.373. The molecule has 0 saturated carbocycles. The van der Waals surface area contributed by atoms with Crippen molar-refractivity contribution in [2.24, 2.45) is 0 Å². The molecule has 0 saturated heterocycles. The van der Waals surface area contributed by atoms with Crippen molar-refractivity contribution in [3.63, 3.8) is 0 Å². The molecule has 2 aromatic heterocycles. The number of anilines is 17. The second-order valence-electron chi connectivity index (χ2n) is 32.1. The van der Waals surface area contributed by atoms with Crippen LogP contribution in [0, 0.1) is 55.4 Å². The highest BCUT2D eigenvalue weighted by Gasteiger charge is 2.51. The van der Waals surface area contributed by atoms with Gasteiger partial charge in [0.25, 0.3) is 20.1 Å². The van der Waals surface area contributed by atoms with E-state index < -0.39 is 0 Å². The van der Waals surface area contributed by atoms with Crippen LogP contribution in [0.15, 0.2) is 303 Å². The van der Waals surface area contributed by atoms with Crippen LogP contribution in [0.25, 0.3) is 20.2 Å². The molecule has 0 amide bonds. The molecular formula is C102H75B3N6O3S2. The van der Waals surface area contributed by atoms with E-state index in [0.29, 0.717) is 0 Å². The number of aryl methyl sites for hydroxylation is 8. The summed E-state index contributed by atoms with van der Waals surface area (Å²) in [5, 5.41) is 6.48. The van der Waals surface area contributed by atoms with E-state index in [1.807, 2.05) is 22.7 Å². The monoisotopic (exact) mass is 1530 g/mol. The molecule has 0 atom stereocenters. The quantitative estimate of drug-likeness (QED) is 0.128. The van der Waals surface area contributed by atoms with Gasteiger partial charge >= 0.3 is 0 Å². The van der Waals surface area contributed by atoms with Crippen LogP contribution in [0.4, 0.5) is 96.7 Å². The number of hydrogen-bond donors (Lipinski definition) is 1. The van der Waals surface area contributed by atoms with Crippen LogP contribution in [-0.4, -0.2) is 20.1 Å². The molecule has 15 aromatic carbocycles. The van der Waals surface area contributed by atoms with Crippen molar-refractivity contribution < 1.29 is 14.2 Å². The third-order valence-corrected chi connectivity index (χ3v) is 26.9. The zero-order chi connectivity index (χ0) is 77.6. The Bertz CT molecular complexity index is 6830. The molecule has 0 bridgehead atoms. The van der Waals surface area contributed by atoms with Crippen LogP contribution in [-0.2, 0) is 0 Å². The second kappa shape index (κ2) is 26.1. The predicted molar refractivity (Wildman–Crippen MR) is 492 cm³/mol. The Morgan fingerprint density at radius 3 is 1.11 bits per heavy atom. The van der Waals surface area contributed by atoms with Gasteiger partial charge in [0.15, 0.2) is 0 Å². The number of fused-ring (bicyclic) bond motifs is 16. The molecule has 116 heavy (non-hydrogen) atoms. The summed E-state index contributed by atoms with van der Waals surface area (Å²) in [4.78, 5) is 12.3. The lowest BCUT2D eigenvalue weighted by Crippen LogP contribution is -2.64. The van der Waals surface area contributed by atoms with Gasteiger partial charge < -0.3 is 44.0 Å². The van der Waals surface area contributed by atoms with Gasteiger partial charge in [-0.2, -0.15) is 0 Å². The molecule has 9 nitrogen and oxygen atoms in total. The summed E-state index contributed by atoms with van der Waals surface area (Å²) in [5.41, 5.74) is 35.2. The van der Waals surface area contributed by atoms with E-state index in [4.69, 9.17) is 14.2 Å². The van der Waals surface area contributed by atoms with Crippen LogP contribution in [0.2, 0.25) is 0 Å². The minimum Gasteiger partial charge on any atom is -0.458 e. The Morgan fingerprint density at radius 2 is 0.647 bits per heavy atom. The number of ether oxygens (including phenoxy) is 3.